The maximum Gasteiger partial charge on any atom is 0.169 e. The van der Waals surface area contributed by atoms with E-state index in [1.165, 1.54) is 5.01 Å². The Kier molecular flexibility index (Phi) is 6.16. The van der Waals surface area contributed by atoms with E-state index < -0.39 is 15.8 Å². The fraction of sp³-hybridized carbons (Fsp3) is 1.00. The third-order valence-electron chi connectivity index (χ3n) is 1.37. The molecule has 14 heavy (non-hydrogen) atoms. The molecule has 0 saturated heterocycles. The first-order valence-electron chi connectivity index (χ1n) is 4.13. The molecular weight excluding hydrogens is 210 g/mol. The second-order valence-corrected chi connectivity index (χ2v) is 4.73. The average Bonchev–Trinajstić information content (AvgIpc) is 2.04. The molecule has 0 aromatic rings. The van der Waals surface area contributed by atoms with Crippen molar-refractivity contribution in [3.63, 3.8) is 0 Å². The third kappa shape index (κ3) is 6.24. The van der Waals surface area contributed by atoms with Crippen LogP contribution in [-0.2, 0) is 14.7 Å². The smallest absolute Gasteiger partial charge is 0.169 e. The van der Waals surface area contributed by atoms with Crippen LogP contribution >= 0.6 is 0 Å². The maximum atomic E-state index is 11.0. The van der Waals surface area contributed by atoms with E-state index in [4.69, 9.17) is 0 Å². The van der Waals surface area contributed by atoms with E-state index in [1.807, 2.05) is 0 Å². The lowest BCUT2D eigenvalue weighted by molar-refractivity contribution is 0.00431. The van der Waals surface area contributed by atoms with Crippen molar-refractivity contribution in [1.29, 1.82) is 0 Å². The SMILES string of the molecule is CCN(CC)N([O-])[N-]OCS(C)(=O)=O. The van der Waals surface area contributed by atoms with E-state index in [-0.39, 0.29) is 5.28 Å². The number of hydrogen-bond acceptors (Lipinski definition) is 6. The molecule has 0 atom stereocenters. The molecule has 0 aliphatic heterocycles. The molecule has 0 rings (SSSR count). The fourth-order valence-electron chi connectivity index (χ4n) is 0.686. The van der Waals surface area contributed by atoms with Gasteiger partial charge in [0.2, 0.25) is 0 Å². The molecule has 0 amide bonds. The van der Waals surface area contributed by atoms with Crippen molar-refractivity contribution in [3.8, 4) is 0 Å². The summed E-state index contributed by atoms with van der Waals surface area (Å²) in [5, 5.41) is 12.6. The van der Waals surface area contributed by atoms with Crippen molar-refractivity contribution in [2.24, 2.45) is 0 Å². The molecule has 0 N–H and O–H groups in total. The van der Waals surface area contributed by atoms with Gasteiger partial charge in [-0.25, -0.2) is 8.42 Å². The van der Waals surface area contributed by atoms with Crippen molar-refractivity contribution in [1.82, 2.24) is 10.3 Å². The topological polar surface area (TPSA) is 87.0 Å². The molecule has 0 bridgehead atoms. The van der Waals surface area contributed by atoms with Gasteiger partial charge < -0.3 is 20.9 Å². The number of hydrogen-bond donors (Lipinski definition) is 0. The van der Waals surface area contributed by atoms with Gasteiger partial charge in [-0.15, -0.1) is 0 Å². The third-order valence-corrected chi connectivity index (χ3v) is 1.90. The molecule has 0 fully saturated rings. The Hall–Kier alpha value is -0.250. The standard InChI is InChI=1S/C6H15N3O4S/c1-4-8(5-2)9(10)7-13-6-14(3,11)12/h4-6H2,1-3H3/q-2. The first-order chi connectivity index (χ1) is 6.40. The van der Waals surface area contributed by atoms with Crippen LogP contribution in [0.5, 0.6) is 0 Å². The minimum absolute atomic E-state index is 0.241. The molecule has 0 unspecified atom stereocenters. The van der Waals surface area contributed by atoms with Gasteiger partial charge in [-0.05, 0) is 0 Å². The van der Waals surface area contributed by atoms with Gasteiger partial charge >= 0.3 is 0 Å². The molecule has 0 aromatic heterocycles. The van der Waals surface area contributed by atoms with Gasteiger partial charge in [-0.2, -0.15) is 0 Å². The van der Waals surface area contributed by atoms with E-state index in [2.05, 4.69) is 10.4 Å². The Morgan fingerprint density at radius 3 is 2.21 bits per heavy atom. The van der Waals surface area contributed by atoms with E-state index in [0.29, 0.717) is 13.1 Å². The summed E-state index contributed by atoms with van der Waals surface area (Å²) < 4.78 is 21.2. The van der Waals surface area contributed by atoms with Crippen LogP contribution in [0.1, 0.15) is 13.8 Å². The molecule has 0 aliphatic carbocycles. The highest BCUT2D eigenvalue weighted by molar-refractivity contribution is 7.90. The van der Waals surface area contributed by atoms with Gasteiger partial charge in [-0.3, -0.25) is 5.01 Å². The van der Waals surface area contributed by atoms with Gasteiger partial charge in [0, 0.05) is 19.3 Å². The molecule has 0 spiro atoms. The highest BCUT2D eigenvalue weighted by atomic mass is 32.2. The zero-order valence-corrected chi connectivity index (χ0v) is 9.32. The van der Waals surface area contributed by atoms with Crippen LogP contribution in [0.4, 0.5) is 0 Å². The van der Waals surface area contributed by atoms with Crippen LogP contribution in [0.2, 0.25) is 0 Å². The van der Waals surface area contributed by atoms with Crippen LogP contribution in [0.3, 0.4) is 0 Å². The summed E-state index contributed by atoms with van der Waals surface area (Å²) in [4.78, 5) is 4.35. The quantitative estimate of drug-likeness (QED) is 0.578. The fourth-order valence-corrected chi connectivity index (χ4v) is 0.925. The van der Waals surface area contributed by atoms with Gasteiger partial charge in [0.1, 0.15) is 5.94 Å². The number of rotatable bonds is 7. The van der Waals surface area contributed by atoms with Crippen LogP contribution < -0.4 is 0 Å². The molecule has 0 saturated carbocycles. The van der Waals surface area contributed by atoms with Gasteiger partial charge in [-0.1, -0.05) is 13.8 Å². The average molecular weight is 225 g/mol. The Morgan fingerprint density at radius 2 is 1.86 bits per heavy atom. The lowest BCUT2D eigenvalue weighted by Crippen LogP contribution is -2.35. The first kappa shape index (κ1) is 13.8. The monoisotopic (exact) mass is 225 g/mol. The molecular formula is C6H15N3O4S-2. The first-order valence-corrected chi connectivity index (χ1v) is 6.19. The summed E-state index contributed by atoms with van der Waals surface area (Å²) in [6.07, 6.45) is 0.995. The summed E-state index contributed by atoms with van der Waals surface area (Å²) in [6, 6.07) is 0. The van der Waals surface area contributed by atoms with Crippen LogP contribution in [0.25, 0.3) is 5.59 Å². The molecule has 0 radical (unpaired) electrons. The van der Waals surface area contributed by atoms with Gasteiger partial charge in [0.05, 0.1) is 0 Å². The van der Waals surface area contributed by atoms with Crippen molar-refractivity contribution >= 4 is 9.84 Å². The predicted molar refractivity (Wildman–Crippen MR) is 52.3 cm³/mol. The van der Waals surface area contributed by atoms with E-state index in [9.17, 15) is 13.6 Å². The number of hydrazine groups is 1. The lowest BCUT2D eigenvalue weighted by Gasteiger charge is -2.50. The summed E-state index contributed by atoms with van der Waals surface area (Å²) in [5.74, 6) is -0.590. The van der Waals surface area contributed by atoms with Crippen molar-refractivity contribution in [3.05, 3.63) is 10.8 Å². The highest BCUT2D eigenvalue weighted by Crippen LogP contribution is 2.04. The zero-order chi connectivity index (χ0) is 11.2. The Labute approximate surface area is 84.0 Å². The van der Waals surface area contributed by atoms with Crippen molar-refractivity contribution < 1.29 is 13.3 Å². The summed E-state index contributed by atoms with van der Waals surface area (Å²) in [7, 11) is -3.26. The minimum atomic E-state index is -3.26. The molecule has 0 aromatic carbocycles. The number of sulfone groups is 1. The van der Waals surface area contributed by atoms with Gasteiger partial charge in [0.25, 0.3) is 0 Å². The van der Waals surface area contributed by atoms with Crippen molar-refractivity contribution in [2.75, 3.05) is 25.3 Å². The lowest BCUT2D eigenvalue weighted by atomic mass is 10.6. The normalized spacial score (nSPS) is 12.7. The number of nitrogens with zero attached hydrogens (tertiary/aromatic N) is 3. The second-order valence-electron chi connectivity index (χ2n) is 2.65. The zero-order valence-electron chi connectivity index (χ0n) is 8.50. The Morgan fingerprint density at radius 1 is 1.36 bits per heavy atom. The van der Waals surface area contributed by atoms with Crippen molar-refractivity contribution in [2.45, 2.75) is 13.8 Å². The van der Waals surface area contributed by atoms with Crippen LogP contribution in [0.15, 0.2) is 0 Å². The molecule has 0 heterocycles. The summed E-state index contributed by atoms with van der Waals surface area (Å²) in [5.41, 5.74) is 3.08. The molecule has 0 aliphatic rings. The molecule has 8 heteroatoms. The maximum absolute atomic E-state index is 11.0. The van der Waals surface area contributed by atoms with Gasteiger partial charge in [0.15, 0.2) is 9.84 Å². The van der Waals surface area contributed by atoms with E-state index in [0.717, 1.165) is 6.26 Å². The summed E-state index contributed by atoms with van der Waals surface area (Å²) in [6.45, 7) is 4.51. The highest BCUT2D eigenvalue weighted by Gasteiger charge is 1.97. The van der Waals surface area contributed by atoms with E-state index >= 15 is 0 Å². The van der Waals surface area contributed by atoms with Crippen LogP contribution in [-0.4, -0.2) is 44.0 Å². The largest absolute Gasteiger partial charge is 0.788 e. The van der Waals surface area contributed by atoms with Crippen LogP contribution in [0, 0.1) is 5.21 Å². The molecule has 7 nitrogen and oxygen atoms in total. The Bertz CT molecular complexity index is 239. The molecule has 86 valence electrons. The van der Waals surface area contributed by atoms with E-state index in [1.54, 1.807) is 13.8 Å². The second kappa shape index (κ2) is 6.27. The summed E-state index contributed by atoms with van der Waals surface area (Å²) >= 11 is 0. The minimum Gasteiger partial charge on any atom is -0.788 e. The predicted octanol–water partition coefficient (Wildman–Crippen LogP) is 0.265. The Balaban J connectivity index is 3.78.